The predicted octanol–water partition coefficient (Wildman–Crippen LogP) is -1.53. The molecule has 0 aliphatic rings. The fourth-order valence-corrected chi connectivity index (χ4v) is 1.90. The molecule has 0 aliphatic carbocycles. The quantitative estimate of drug-likeness (QED) is 0.422. The van der Waals surface area contributed by atoms with Crippen molar-refractivity contribution in [3.05, 3.63) is 54.6 Å². The third kappa shape index (κ3) is 4.91. The molecule has 0 saturated carbocycles. The van der Waals surface area contributed by atoms with Crippen LogP contribution < -0.4 is 24.8 Å². The van der Waals surface area contributed by atoms with E-state index in [2.05, 4.69) is 68.4 Å². The monoisotopic (exact) mass is 367 g/mol. The van der Waals surface area contributed by atoms with Crippen molar-refractivity contribution in [3.8, 4) is 0 Å². The molecule has 0 saturated heterocycles. The van der Waals surface area contributed by atoms with E-state index in [-0.39, 0.29) is 24.8 Å². The average molecular weight is 369 g/mol. The van der Waals surface area contributed by atoms with E-state index in [0.29, 0.717) is 0 Å². The molecule has 0 bridgehead atoms. The van der Waals surface area contributed by atoms with Gasteiger partial charge in [0.05, 0.1) is 0 Å². The molecule has 0 N–H and O–H groups in total. The summed E-state index contributed by atoms with van der Waals surface area (Å²) in [6.45, 7) is 4.25. The normalized spacial score (nSPS) is 9.05. The van der Waals surface area contributed by atoms with Gasteiger partial charge in [0.2, 0.25) is 0 Å². The molecule has 19 heavy (non-hydrogen) atoms. The summed E-state index contributed by atoms with van der Waals surface area (Å²) in [4.78, 5) is 0. The number of halogens is 2. The Morgan fingerprint density at radius 1 is 0.789 bits per heavy atom. The van der Waals surface area contributed by atoms with Crippen LogP contribution in [0.4, 0.5) is 0 Å². The van der Waals surface area contributed by atoms with Crippen LogP contribution in [0.25, 0.3) is 21.5 Å². The molecule has 0 aliphatic heterocycles. The Balaban J connectivity index is 0.000000486. The molecule has 3 aromatic rings. The van der Waals surface area contributed by atoms with Crippen LogP contribution in [0.1, 0.15) is 13.8 Å². The molecule has 3 heteroatoms. The second-order valence-electron chi connectivity index (χ2n) is 4.32. The summed E-state index contributed by atoms with van der Waals surface area (Å²) in [6, 6.07) is 19.3. The smallest absolute Gasteiger partial charge is 0.0771 e. The standard InChI is InChI=1S/C13H9.C3H6.2ClH.Zr/c1-3-7-12-10(5-1)9-11-6-2-4-8-13(11)12;1-3-2;;;/h1-9H;1-2H3;2*1H;/q-1;;;;+2/p-2. The molecular formula is C16H15Cl2Zr-. The van der Waals surface area contributed by atoms with E-state index in [1.54, 1.807) is 24.2 Å². The van der Waals surface area contributed by atoms with Crippen LogP contribution >= 0.6 is 0 Å². The summed E-state index contributed by atoms with van der Waals surface area (Å²) in [5.41, 5.74) is 0. The van der Waals surface area contributed by atoms with Gasteiger partial charge in [0, 0.05) is 0 Å². The van der Waals surface area contributed by atoms with Crippen LogP contribution in [0.3, 0.4) is 0 Å². The second kappa shape index (κ2) is 8.74. The maximum absolute atomic E-state index is 2.24. The van der Waals surface area contributed by atoms with Crippen LogP contribution in [-0.2, 0) is 24.2 Å². The topological polar surface area (TPSA) is 0 Å². The van der Waals surface area contributed by atoms with Crippen molar-refractivity contribution >= 4 is 24.8 Å². The van der Waals surface area contributed by atoms with E-state index in [0.717, 1.165) is 0 Å². The first-order chi connectivity index (χ1) is 8.18. The minimum atomic E-state index is 0. The molecule has 0 radical (unpaired) electrons. The largest absolute Gasteiger partial charge is 1.00 e. The van der Waals surface area contributed by atoms with Crippen LogP contribution in [0.2, 0.25) is 0 Å². The summed E-state index contributed by atoms with van der Waals surface area (Å²) in [6.07, 6.45) is 0. The van der Waals surface area contributed by atoms with Crippen LogP contribution in [0, 0.1) is 0 Å². The molecule has 3 aromatic carbocycles. The van der Waals surface area contributed by atoms with Crippen LogP contribution in [0.5, 0.6) is 0 Å². The Bertz CT molecular complexity index is 601. The van der Waals surface area contributed by atoms with Crippen molar-refractivity contribution in [1.82, 2.24) is 0 Å². The van der Waals surface area contributed by atoms with E-state index >= 15 is 0 Å². The van der Waals surface area contributed by atoms with E-state index < -0.39 is 0 Å². The van der Waals surface area contributed by atoms with E-state index in [4.69, 9.17) is 0 Å². The Morgan fingerprint density at radius 2 is 1.11 bits per heavy atom. The summed E-state index contributed by atoms with van der Waals surface area (Å²) in [5.74, 6) is 0. The van der Waals surface area contributed by atoms with Gasteiger partial charge in [-0.15, -0.1) is 39.7 Å². The van der Waals surface area contributed by atoms with Crippen molar-refractivity contribution < 1.29 is 49.0 Å². The molecule has 0 spiro atoms. The average Bonchev–Trinajstić information content (AvgIpc) is 2.66. The second-order valence-corrected chi connectivity index (χ2v) is 6.78. The molecule has 0 amide bonds. The minimum absolute atomic E-state index is 0. The molecule has 3 rings (SSSR count). The van der Waals surface area contributed by atoms with Gasteiger partial charge < -0.3 is 24.8 Å². The minimum Gasteiger partial charge on any atom is -1.00 e. The Hall–Kier alpha value is -0.357. The molecule has 0 unspecified atom stereocenters. The SMILES string of the molecule is C[C](C)=[Zr+2].[Cl-].[Cl-].c1ccc2c(c1)[cH-]c1ccccc12. The fourth-order valence-electron chi connectivity index (χ4n) is 1.90. The third-order valence-electron chi connectivity index (χ3n) is 2.52. The Kier molecular flexibility index (Phi) is 8.58. The third-order valence-corrected chi connectivity index (χ3v) is 2.52. The van der Waals surface area contributed by atoms with E-state index in [9.17, 15) is 0 Å². The Morgan fingerprint density at radius 3 is 1.47 bits per heavy atom. The van der Waals surface area contributed by atoms with Crippen molar-refractivity contribution in [3.63, 3.8) is 0 Å². The maximum Gasteiger partial charge on any atom is -0.0771 e. The van der Waals surface area contributed by atoms with Gasteiger partial charge in [-0.3, -0.25) is 0 Å². The molecule has 0 aromatic heterocycles. The number of hydrogen-bond acceptors (Lipinski definition) is 0. The van der Waals surface area contributed by atoms with Gasteiger partial charge in [0.25, 0.3) is 0 Å². The first-order valence-corrected chi connectivity index (χ1v) is 6.96. The first kappa shape index (κ1) is 18.6. The molecule has 0 nitrogen and oxygen atoms in total. The molecule has 0 fully saturated rings. The van der Waals surface area contributed by atoms with Crippen molar-refractivity contribution in [2.24, 2.45) is 0 Å². The maximum atomic E-state index is 2.24. The number of benzene rings is 2. The number of rotatable bonds is 0. The molecule has 0 heterocycles. The number of hydrogen-bond donors (Lipinski definition) is 0. The van der Waals surface area contributed by atoms with Crippen molar-refractivity contribution in [2.45, 2.75) is 13.8 Å². The van der Waals surface area contributed by atoms with E-state index in [1.165, 1.54) is 24.8 Å². The van der Waals surface area contributed by atoms with Gasteiger partial charge in [0.1, 0.15) is 0 Å². The van der Waals surface area contributed by atoms with Gasteiger partial charge >= 0.3 is 41.3 Å². The molecule has 0 atom stereocenters. The van der Waals surface area contributed by atoms with E-state index in [1.807, 2.05) is 0 Å². The van der Waals surface area contributed by atoms with Crippen molar-refractivity contribution in [2.75, 3.05) is 0 Å². The van der Waals surface area contributed by atoms with Gasteiger partial charge in [-0.25, -0.2) is 0 Å². The van der Waals surface area contributed by atoms with Gasteiger partial charge in [-0.05, 0) is 0 Å². The van der Waals surface area contributed by atoms with Crippen molar-refractivity contribution in [1.29, 1.82) is 0 Å². The summed E-state index contributed by atoms with van der Waals surface area (Å²) in [7, 11) is 0. The predicted molar refractivity (Wildman–Crippen MR) is 73.4 cm³/mol. The summed E-state index contributed by atoms with van der Waals surface area (Å²) < 4.78 is 1.51. The number of fused-ring (bicyclic) bond motifs is 3. The Labute approximate surface area is 141 Å². The zero-order valence-electron chi connectivity index (χ0n) is 11.0. The summed E-state index contributed by atoms with van der Waals surface area (Å²) >= 11 is 1.55. The zero-order valence-corrected chi connectivity index (χ0v) is 14.9. The van der Waals surface area contributed by atoms with Gasteiger partial charge in [-0.1, -0.05) is 36.4 Å². The van der Waals surface area contributed by atoms with Gasteiger partial charge in [0.15, 0.2) is 0 Å². The summed E-state index contributed by atoms with van der Waals surface area (Å²) in [5, 5.41) is 5.39. The van der Waals surface area contributed by atoms with Gasteiger partial charge in [-0.2, -0.15) is 0 Å². The zero-order chi connectivity index (χ0) is 12.3. The first-order valence-electron chi connectivity index (χ1n) is 5.73. The molecular weight excluding hydrogens is 354 g/mol. The van der Waals surface area contributed by atoms with Crippen LogP contribution in [-0.4, -0.2) is 3.21 Å². The fraction of sp³-hybridized carbons (Fsp3) is 0.125. The molecule has 98 valence electrons. The van der Waals surface area contributed by atoms with Crippen LogP contribution in [0.15, 0.2) is 54.6 Å².